The van der Waals surface area contributed by atoms with Gasteiger partial charge in [-0.25, -0.2) is 0 Å². The van der Waals surface area contributed by atoms with E-state index in [2.05, 4.69) is 6.92 Å². The van der Waals surface area contributed by atoms with Gasteiger partial charge in [-0.3, -0.25) is 0 Å². The monoisotopic (exact) mass is 167 g/mol. The van der Waals surface area contributed by atoms with Gasteiger partial charge in [0.2, 0.25) is 0 Å². The number of hydrogen-bond donors (Lipinski definition) is 1. The van der Waals surface area contributed by atoms with Gasteiger partial charge < -0.3 is 5.73 Å². The fraction of sp³-hybridized carbons (Fsp3) is 1.00. The number of fused-ring (bicyclic) bond motifs is 2. The molecule has 2 N–H and O–H groups in total. The second-order valence-corrected chi connectivity index (χ2v) is 4.91. The molecular weight excluding hydrogens is 146 g/mol. The zero-order chi connectivity index (χ0) is 8.55. The lowest BCUT2D eigenvalue weighted by Gasteiger charge is -2.43. The molecule has 2 rings (SSSR count). The highest BCUT2D eigenvalue weighted by atomic mass is 14.6. The minimum atomic E-state index is 0.849. The van der Waals surface area contributed by atoms with Crippen molar-refractivity contribution < 1.29 is 0 Å². The molecule has 2 bridgehead atoms. The Morgan fingerprint density at radius 2 is 2.08 bits per heavy atom. The molecule has 4 atom stereocenters. The number of rotatable bonds is 1. The molecule has 70 valence electrons. The molecule has 2 aliphatic rings. The fourth-order valence-corrected chi connectivity index (χ4v) is 3.53. The van der Waals surface area contributed by atoms with Gasteiger partial charge in [-0.05, 0) is 43.1 Å². The standard InChI is InChI=1S/C11H21N/c1-8-5-9-3-2-4-10(6-9)11(8)7-12/h8-11H,2-7,12H2,1H3. The predicted molar refractivity (Wildman–Crippen MR) is 51.8 cm³/mol. The lowest BCUT2D eigenvalue weighted by molar-refractivity contribution is 0.0768. The maximum atomic E-state index is 5.83. The van der Waals surface area contributed by atoms with Crippen LogP contribution in [0.3, 0.4) is 0 Å². The first-order valence-corrected chi connectivity index (χ1v) is 5.51. The molecule has 1 nitrogen and oxygen atoms in total. The summed E-state index contributed by atoms with van der Waals surface area (Å²) in [5.41, 5.74) is 5.83. The van der Waals surface area contributed by atoms with Crippen molar-refractivity contribution in [1.29, 1.82) is 0 Å². The van der Waals surface area contributed by atoms with Crippen LogP contribution in [0.2, 0.25) is 0 Å². The molecule has 2 fully saturated rings. The van der Waals surface area contributed by atoms with Crippen molar-refractivity contribution in [1.82, 2.24) is 0 Å². The zero-order valence-corrected chi connectivity index (χ0v) is 8.13. The Kier molecular flexibility index (Phi) is 2.40. The van der Waals surface area contributed by atoms with Gasteiger partial charge in [-0.2, -0.15) is 0 Å². The summed E-state index contributed by atoms with van der Waals surface area (Å²) in [7, 11) is 0. The van der Waals surface area contributed by atoms with Crippen LogP contribution in [0.1, 0.15) is 39.0 Å². The second kappa shape index (κ2) is 3.37. The van der Waals surface area contributed by atoms with Gasteiger partial charge in [0.15, 0.2) is 0 Å². The molecule has 0 radical (unpaired) electrons. The van der Waals surface area contributed by atoms with Crippen molar-refractivity contribution >= 4 is 0 Å². The Morgan fingerprint density at radius 1 is 1.25 bits per heavy atom. The summed E-state index contributed by atoms with van der Waals surface area (Å²) in [4.78, 5) is 0. The lowest BCUT2D eigenvalue weighted by atomic mass is 9.63. The summed E-state index contributed by atoms with van der Waals surface area (Å²) in [5.74, 6) is 3.79. The van der Waals surface area contributed by atoms with Crippen LogP contribution in [-0.2, 0) is 0 Å². The minimum Gasteiger partial charge on any atom is -0.330 e. The molecule has 0 aromatic rings. The van der Waals surface area contributed by atoms with Gasteiger partial charge in [0.25, 0.3) is 0 Å². The third-order valence-corrected chi connectivity index (χ3v) is 4.14. The largest absolute Gasteiger partial charge is 0.330 e. The van der Waals surface area contributed by atoms with E-state index in [9.17, 15) is 0 Å². The highest BCUT2D eigenvalue weighted by Crippen LogP contribution is 2.45. The summed E-state index contributed by atoms with van der Waals surface area (Å²) in [6.45, 7) is 3.33. The fourth-order valence-electron chi connectivity index (χ4n) is 3.53. The summed E-state index contributed by atoms with van der Waals surface area (Å²) in [6.07, 6.45) is 7.38. The Labute approximate surface area is 75.7 Å². The van der Waals surface area contributed by atoms with Crippen LogP contribution in [0.5, 0.6) is 0 Å². The smallest absolute Gasteiger partial charge is 0.00437 e. The minimum absolute atomic E-state index is 0.849. The van der Waals surface area contributed by atoms with Gasteiger partial charge in [-0.1, -0.05) is 26.2 Å². The van der Waals surface area contributed by atoms with Crippen LogP contribution in [0.25, 0.3) is 0 Å². The molecule has 0 aliphatic heterocycles. The van der Waals surface area contributed by atoms with Gasteiger partial charge in [0.1, 0.15) is 0 Å². The highest BCUT2D eigenvalue weighted by Gasteiger charge is 2.36. The first kappa shape index (κ1) is 8.55. The SMILES string of the molecule is CC1CC2CCCC(C2)C1CN. The summed E-state index contributed by atoms with van der Waals surface area (Å²) in [5, 5.41) is 0. The Hall–Kier alpha value is -0.0400. The third kappa shape index (κ3) is 1.39. The van der Waals surface area contributed by atoms with E-state index in [0.717, 1.165) is 30.2 Å². The van der Waals surface area contributed by atoms with Crippen molar-refractivity contribution in [2.75, 3.05) is 6.54 Å². The molecule has 1 heteroatoms. The maximum absolute atomic E-state index is 5.83. The predicted octanol–water partition coefficient (Wildman–Crippen LogP) is 2.41. The van der Waals surface area contributed by atoms with E-state index >= 15 is 0 Å². The van der Waals surface area contributed by atoms with Crippen LogP contribution in [-0.4, -0.2) is 6.54 Å². The third-order valence-electron chi connectivity index (χ3n) is 4.14. The number of nitrogens with two attached hydrogens (primary N) is 1. The van der Waals surface area contributed by atoms with Gasteiger partial charge in [0.05, 0.1) is 0 Å². The molecule has 0 saturated heterocycles. The molecule has 0 amide bonds. The Bertz CT molecular complexity index is 153. The maximum Gasteiger partial charge on any atom is -0.00437 e. The van der Waals surface area contributed by atoms with Crippen LogP contribution in [0.4, 0.5) is 0 Å². The van der Waals surface area contributed by atoms with Gasteiger partial charge >= 0.3 is 0 Å². The van der Waals surface area contributed by atoms with Gasteiger partial charge in [0, 0.05) is 0 Å². The van der Waals surface area contributed by atoms with Crippen molar-refractivity contribution in [2.45, 2.75) is 39.0 Å². The summed E-state index contributed by atoms with van der Waals surface area (Å²) in [6, 6.07) is 0. The van der Waals surface area contributed by atoms with Gasteiger partial charge in [-0.15, -0.1) is 0 Å². The van der Waals surface area contributed by atoms with Crippen LogP contribution in [0.15, 0.2) is 0 Å². The van der Waals surface area contributed by atoms with E-state index in [1.165, 1.54) is 32.1 Å². The van der Waals surface area contributed by atoms with E-state index in [4.69, 9.17) is 5.73 Å². The molecule has 0 aromatic carbocycles. The molecule has 2 aliphatic carbocycles. The summed E-state index contributed by atoms with van der Waals surface area (Å²) < 4.78 is 0. The zero-order valence-electron chi connectivity index (χ0n) is 8.13. The van der Waals surface area contributed by atoms with E-state index in [0.29, 0.717) is 0 Å². The molecule has 0 heterocycles. The van der Waals surface area contributed by atoms with Crippen molar-refractivity contribution in [3.63, 3.8) is 0 Å². The number of hydrogen-bond acceptors (Lipinski definition) is 1. The quantitative estimate of drug-likeness (QED) is 0.637. The molecule has 12 heavy (non-hydrogen) atoms. The van der Waals surface area contributed by atoms with Crippen LogP contribution >= 0.6 is 0 Å². The first-order valence-electron chi connectivity index (χ1n) is 5.51. The van der Waals surface area contributed by atoms with Crippen molar-refractivity contribution in [3.8, 4) is 0 Å². The van der Waals surface area contributed by atoms with Crippen LogP contribution in [0, 0.1) is 23.7 Å². The molecule has 2 saturated carbocycles. The normalized spacial score (nSPS) is 47.5. The molecular formula is C11H21N. The van der Waals surface area contributed by atoms with Crippen molar-refractivity contribution in [3.05, 3.63) is 0 Å². The van der Waals surface area contributed by atoms with E-state index in [1.807, 2.05) is 0 Å². The van der Waals surface area contributed by atoms with E-state index < -0.39 is 0 Å². The first-order chi connectivity index (χ1) is 5.81. The Balaban J connectivity index is 2.05. The second-order valence-electron chi connectivity index (χ2n) is 4.91. The molecule has 4 unspecified atom stereocenters. The Morgan fingerprint density at radius 3 is 2.83 bits per heavy atom. The topological polar surface area (TPSA) is 26.0 Å². The van der Waals surface area contributed by atoms with E-state index in [-0.39, 0.29) is 0 Å². The average molecular weight is 167 g/mol. The van der Waals surface area contributed by atoms with E-state index in [1.54, 1.807) is 0 Å². The molecule has 0 spiro atoms. The summed E-state index contributed by atoms with van der Waals surface area (Å²) >= 11 is 0. The molecule has 0 aromatic heterocycles. The highest BCUT2D eigenvalue weighted by molar-refractivity contribution is 4.87. The average Bonchev–Trinajstić information content (AvgIpc) is 2.04. The lowest BCUT2D eigenvalue weighted by Crippen LogP contribution is -2.38. The van der Waals surface area contributed by atoms with Crippen molar-refractivity contribution in [2.24, 2.45) is 29.4 Å². The van der Waals surface area contributed by atoms with Crippen LogP contribution < -0.4 is 5.73 Å².